The van der Waals surface area contributed by atoms with Crippen LogP contribution in [0, 0.1) is 6.92 Å². The summed E-state index contributed by atoms with van der Waals surface area (Å²) in [5, 5.41) is 8.11. The van der Waals surface area contributed by atoms with Gasteiger partial charge in [-0.3, -0.25) is 0 Å². The minimum atomic E-state index is 0.104. The van der Waals surface area contributed by atoms with Gasteiger partial charge in [0.2, 0.25) is 11.7 Å². The minimum Gasteiger partial charge on any atom is -0.361 e. The van der Waals surface area contributed by atoms with Crippen molar-refractivity contribution >= 4 is 11.8 Å². The third-order valence-corrected chi connectivity index (χ3v) is 4.14. The van der Waals surface area contributed by atoms with E-state index in [2.05, 4.69) is 15.3 Å². The van der Waals surface area contributed by atoms with E-state index >= 15 is 0 Å². The van der Waals surface area contributed by atoms with Gasteiger partial charge in [0.15, 0.2) is 0 Å². The van der Waals surface area contributed by atoms with Gasteiger partial charge in [0.1, 0.15) is 5.76 Å². The summed E-state index contributed by atoms with van der Waals surface area (Å²) in [6.07, 6.45) is 0. The van der Waals surface area contributed by atoms with Gasteiger partial charge in [0, 0.05) is 17.4 Å². The highest BCUT2D eigenvalue weighted by Gasteiger charge is 2.16. The van der Waals surface area contributed by atoms with Gasteiger partial charge >= 0.3 is 0 Å². The molecule has 0 bridgehead atoms. The molecule has 5 nitrogen and oxygen atoms in total. The predicted molar refractivity (Wildman–Crippen MR) is 80.7 cm³/mol. The van der Waals surface area contributed by atoms with E-state index in [-0.39, 0.29) is 5.25 Å². The summed E-state index contributed by atoms with van der Waals surface area (Å²) in [4.78, 5) is 4.46. The molecular weight excluding hydrogens is 286 g/mol. The quantitative estimate of drug-likeness (QED) is 0.709. The topological polar surface area (TPSA) is 65.0 Å². The minimum absolute atomic E-state index is 0.104. The van der Waals surface area contributed by atoms with Crippen LogP contribution in [0.2, 0.25) is 0 Å². The Balaban J connectivity index is 1.65. The molecule has 0 saturated heterocycles. The van der Waals surface area contributed by atoms with Crippen LogP contribution >= 0.6 is 11.8 Å². The molecule has 0 aliphatic rings. The molecular formula is C15H15N3O2S. The summed E-state index contributed by atoms with van der Waals surface area (Å²) in [6.45, 7) is 3.93. The zero-order chi connectivity index (χ0) is 14.7. The fourth-order valence-corrected chi connectivity index (χ4v) is 2.67. The summed E-state index contributed by atoms with van der Waals surface area (Å²) in [6, 6.07) is 11.7. The van der Waals surface area contributed by atoms with Gasteiger partial charge in [-0.05, 0) is 13.8 Å². The third kappa shape index (κ3) is 3.33. The van der Waals surface area contributed by atoms with Crippen molar-refractivity contribution in [3.05, 3.63) is 53.7 Å². The van der Waals surface area contributed by atoms with Gasteiger partial charge in [-0.1, -0.05) is 40.6 Å². The number of aromatic nitrogens is 3. The summed E-state index contributed by atoms with van der Waals surface area (Å²) in [5.74, 6) is 2.82. The summed E-state index contributed by atoms with van der Waals surface area (Å²) in [7, 11) is 0. The smallest absolute Gasteiger partial charge is 0.239 e. The third-order valence-electron chi connectivity index (χ3n) is 2.98. The Morgan fingerprint density at radius 1 is 1.14 bits per heavy atom. The van der Waals surface area contributed by atoms with Gasteiger partial charge in [-0.25, -0.2) is 0 Å². The van der Waals surface area contributed by atoms with E-state index in [4.69, 9.17) is 9.05 Å². The average molecular weight is 301 g/mol. The lowest BCUT2D eigenvalue weighted by Crippen LogP contribution is -1.90. The Bertz CT molecular complexity index is 709. The second kappa shape index (κ2) is 6.13. The summed E-state index contributed by atoms with van der Waals surface area (Å²) < 4.78 is 10.4. The highest BCUT2D eigenvalue weighted by atomic mass is 32.2. The van der Waals surface area contributed by atoms with Crippen molar-refractivity contribution in [2.45, 2.75) is 24.9 Å². The fraction of sp³-hybridized carbons (Fsp3) is 0.267. The van der Waals surface area contributed by atoms with Crippen molar-refractivity contribution in [3.63, 3.8) is 0 Å². The molecule has 0 amide bonds. The van der Waals surface area contributed by atoms with E-state index in [0.717, 1.165) is 22.8 Å². The maximum Gasteiger partial charge on any atom is 0.239 e. The van der Waals surface area contributed by atoms with Gasteiger partial charge < -0.3 is 9.05 Å². The van der Waals surface area contributed by atoms with Crippen molar-refractivity contribution < 1.29 is 9.05 Å². The largest absolute Gasteiger partial charge is 0.361 e. The number of nitrogens with zero attached hydrogens (tertiary/aromatic N) is 3. The van der Waals surface area contributed by atoms with Crippen LogP contribution in [0.15, 0.2) is 45.4 Å². The Morgan fingerprint density at radius 2 is 1.95 bits per heavy atom. The average Bonchev–Trinajstić information content (AvgIpc) is 3.15. The van der Waals surface area contributed by atoms with E-state index in [1.807, 2.05) is 50.2 Å². The van der Waals surface area contributed by atoms with Gasteiger partial charge in [0.25, 0.3) is 0 Å². The zero-order valence-corrected chi connectivity index (χ0v) is 12.6. The molecule has 1 aromatic carbocycles. The highest BCUT2D eigenvalue weighted by Crippen LogP contribution is 2.30. The first-order valence-electron chi connectivity index (χ1n) is 6.65. The molecule has 2 heterocycles. The first-order valence-corrected chi connectivity index (χ1v) is 7.70. The normalized spacial score (nSPS) is 12.5. The second-order valence-corrected chi connectivity index (χ2v) is 6.03. The number of benzene rings is 1. The Kier molecular flexibility index (Phi) is 4.06. The molecule has 0 N–H and O–H groups in total. The van der Waals surface area contributed by atoms with Crippen LogP contribution in [0.5, 0.6) is 0 Å². The molecule has 0 spiro atoms. The standard InChI is InChI=1S/C15H15N3O2S/c1-10-8-13(17-19-10)9-21-11(2)15-16-14(18-20-15)12-6-4-3-5-7-12/h3-8,11H,9H2,1-2H3. The number of thioether (sulfide) groups is 1. The zero-order valence-electron chi connectivity index (χ0n) is 11.8. The number of hydrogen-bond donors (Lipinski definition) is 0. The molecule has 108 valence electrons. The maximum atomic E-state index is 5.35. The number of aryl methyl sites for hydroxylation is 1. The maximum absolute atomic E-state index is 5.35. The Hall–Kier alpha value is -2.08. The molecule has 0 saturated carbocycles. The molecule has 2 aromatic heterocycles. The van der Waals surface area contributed by atoms with E-state index in [9.17, 15) is 0 Å². The Morgan fingerprint density at radius 3 is 2.67 bits per heavy atom. The van der Waals surface area contributed by atoms with Crippen LogP contribution in [-0.4, -0.2) is 15.3 Å². The first kappa shape index (κ1) is 13.9. The van der Waals surface area contributed by atoms with E-state index in [0.29, 0.717) is 11.7 Å². The van der Waals surface area contributed by atoms with E-state index in [1.165, 1.54) is 0 Å². The molecule has 21 heavy (non-hydrogen) atoms. The molecule has 1 unspecified atom stereocenters. The Labute approximate surface area is 126 Å². The van der Waals surface area contributed by atoms with Crippen molar-refractivity contribution in [1.82, 2.24) is 15.3 Å². The van der Waals surface area contributed by atoms with Crippen molar-refractivity contribution in [1.29, 1.82) is 0 Å². The lowest BCUT2D eigenvalue weighted by Gasteiger charge is -2.03. The number of hydrogen-bond acceptors (Lipinski definition) is 6. The van der Waals surface area contributed by atoms with Crippen LogP contribution < -0.4 is 0 Å². The molecule has 0 aliphatic heterocycles. The lowest BCUT2D eigenvalue weighted by atomic mass is 10.2. The van der Waals surface area contributed by atoms with Crippen molar-refractivity contribution in [2.75, 3.05) is 0 Å². The molecule has 3 aromatic rings. The van der Waals surface area contributed by atoms with Crippen LogP contribution in [0.1, 0.15) is 29.5 Å². The van der Waals surface area contributed by atoms with E-state index < -0.39 is 0 Å². The fourth-order valence-electron chi connectivity index (χ4n) is 1.87. The summed E-state index contributed by atoms with van der Waals surface area (Å²) in [5.41, 5.74) is 1.88. The monoisotopic (exact) mass is 301 g/mol. The van der Waals surface area contributed by atoms with Crippen LogP contribution in [0.25, 0.3) is 11.4 Å². The molecule has 0 fully saturated rings. The van der Waals surface area contributed by atoms with Crippen molar-refractivity contribution in [2.24, 2.45) is 0 Å². The lowest BCUT2D eigenvalue weighted by molar-refractivity contribution is 0.380. The van der Waals surface area contributed by atoms with Crippen LogP contribution in [0.4, 0.5) is 0 Å². The number of rotatable bonds is 5. The predicted octanol–water partition coefficient (Wildman–Crippen LogP) is 4.03. The molecule has 0 radical (unpaired) electrons. The van der Waals surface area contributed by atoms with Gasteiger partial charge in [0.05, 0.1) is 10.9 Å². The van der Waals surface area contributed by atoms with Crippen molar-refractivity contribution in [3.8, 4) is 11.4 Å². The molecule has 0 aliphatic carbocycles. The summed E-state index contributed by atoms with van der Waals surface area (Å²) >= 11 is 1.69. The molecule has 1 atom stereocenters. The molecule has 3 rings (SSSR count). The van der Waals surface area contributed by atoms with Gasteiger partial charge in [-0.15, -0.1) is 11.8 Å². The van der Waals surface area contributed by atoms with Crippen LogP contribution in [0.3, 0.4) is 0 Å². The highest BCUT2D eigenvalue weighted by molar-refractivity contribution is 7.98. The van der Waals surface area contributed by atoms with E-state index in [1.54, 1.807) is 11.8 Å². The first-order chi connectivity index (χ1) is 10.2. The van der Waals surface area contributed by atoms with Crippen LogP contribution in [-0.2, 0) is 5.75 Å². The SMILES string of the molecule is Cc1cc(CSC(C)c2nc(-c3ccccc3)no2)no1. The second-order valence-electron chi connectivity index (χ2n) is 4.70. The molecule has 6 heteroatoms. The van der Waals surface area contributed by atoms with Gasteiger partial charge in [-0.2, -0.15) is 4.98 Å².